The standard InChI is InChI=1S/C20H20N8O5S/c29-16(10-22-19(31)17(23-20(32)33)14-6-3-7-34-14)28-12-5-2-1-4-11(12)8-13(28)18(30)21-9-15-24-26-27-25-15/h1-7,13,17,23H,8-10H2,(H,21,30)(H,22,31)(H,32,33)(H,24,25,26,27)/t13?,17-/m1/s1. The third kappa shape index (κ3) is 5.01. The van der Waals surface area contributed by atoms with Crippen LogP contribution in [0.1, 0.15) is 22.3 Å². The van der Waals surface area contributed by atoms with Crippen LogP contribution in [0.2, 0.25) is 0 Å². The van der Waals surface area contributed by atoms with E-state index in [1.807, 2.05) is 12.1 Å². The van der Waals surface area contributed by atoms with Crippen LogP contribution in [-0.2, 0) is 27.3 Å². The summed E-state index contributed by atoms with van der Waals surface area (Å²) >= 11 is 1.21. The summed E-state index contributed by atoms with van der Waals surface area (Å²) in [6.45, 7) is -0.394. The van der Waals surface area contributed by atoms with Gasteiger partial charge in [-0.1, -0.05) is 29.5 Å². The number of hydrogen-bond acceptors (Lipinski definition) is 8. The van der Waals surface area contributed by atoms with Crippen molar-refractivity contribution in [1.82, 2.24) is 36.6 Å². The van der Waals surface area contributed by atoms with E-state index >= 15 is 0 Å². The van der Waals surface area contributed by atoms with Crippen molar-refractivity contribution >= 4 is 40.8 Å². The zero-order valence-corrected chi connectivity index (χ0v) is 18.4. The molecule has 34 heavy (non-hydrogen) atoms. The number of hydrogen-bond donors (Lipinski definition) is 5. The molecule has 1 aromatic carbocycles. The number of aromatic nitrogens is 4. The Bertz CT molecular complexity index is 1180. The Kier molecular flexibility index (Phi) is 6.77. The van der Waals surface area contributed by atoms with Crippen molar-refractivity contribution in [3.05, 3.63) is 58.0 Å². The number of thiophene rings is 1. The monoisotopic (exact) mass is 484 g/mol. The molecule has 2 atom stereocenters. The largest absolute Gasteiger partial charge is 0.465 e. The molecule has 0 fully saturated rings. The van der Waals surface area contributed by atoms with E-state index in [0.717, 1.165) is 5.56 Å². The number of para-hydroxylation sites is 1. The maximum absolute atomic E-state index is 13.1. The number of tetrazole rings is 1. The SMILES string of the molecule is O=C(O)N[C@@H](C(=O)NCC(=O)N1c2ccccc2CC1C(=O)NCc1nn[nH]n1)c1cccs1. The summed E-state index contributed by atoms with van der Waals surface area (Å²) in [4.78, 5) is 51.7. The summed E-state index contributed by atoms with van der Waals surface area (Å²) in [5, 5.41) is 31.4. The van der Waals surface area contributed by atoms with Crippen LogP contribution >= 0.6 is 11.3 Å². The van der Waals surface area contributed by atoms with Crippen molar-refractivity contribution < 1.29 is 24.3 Å². The quantitative estimate of drug-likeness (QED) is 0.295. The van der Waals surface area contributed by atoms with E-state index in [4.69, 9.17) is 5.11 Å². The lowest BCUT2D eigenvalue weighted by Crippen LogP contribution is -2.51. The minimum atomic E-state index is -1.37. The van der Waals surface area contributed by atoms with Crippen LogP contribution in [0.3, 0.4) is 0 Å². The average molecular weight is 484 g/mol. The second kappa shape index (κ2) is 10.1. The summed E-state index contributed by atoms with van der Waals surface area (Å²) in [5.74, 6) is -1.31. The van der Waals surface area contributed by atoms with Crippen LogP contribution in [0.5, 0.6) is 0 Å². The average Bonchev–Trinajstić information content (AvgIpc) is 3.59. The van der Waals surface area contributed by atoms with E-state index in [9.17, 15) is 19.2 Å². The maximum Gasteiger partial charge on any atom is 0.405 e. The van der Waals surface area contributed by atoms with Crippen molar-refractivity contribution in [2.24, 2.45) is 0 Å². The molecule has 0 aliphatic carbocycles. The van der Waals surface area contributed by atoms with E-state index in [-0.39, 0.29) is 6.54 Å². The summed E-state index contributed by atoms with van der Waals surface area (Å²) in [7, 11) is 0. The van der Waals surface area contributed by atoms with Gasteiger partial charge in [-0.05, 0) is 23.1 Å². The topological polar surface area (TPSA) is 182 Å². The Morgan fingerprint density at radius 2 is 2.00 bits per heavy atom. The lowest BCUT2D eigenvalue weighted by molar-refractivity contribution is -0.128. The predicted octanol–water partition coefficient (Wildman–Crippen LogP) is -0.0396. The number of aromatic amines is 1. The number of rotatable bonds is 8. The second-order valence-corrected chi connectivity index (χ2v) is 8.25. The number of nitrogens with one attached hydrogen (secondary N) is 4. The van der Waals surface area contributed by atoms with Gasteiger partial charge in [-0.15, -0.1) is 21.5 Å². The highest BCUT2D eigenvalue weighted by Gasteiger charge is 2.38. The molecule has 2 aromatic heterocycles. The number of carbonyl (C=O) groups excluding carboxylic acids is 3. The number of nitrogens with zero attached hydrogens (tertiary/aromatic N) is 4. The molecular weight excluding hydrogens is 464 g/mol. The van der Waals surface area contributed by atoms with E-state index in [1.165, 1.54) is 16.2 Å². The highest BCUT2D eigenvalue weighted by molar-refractivity contribution is 7.10. The first kappa shape index (κ1) is 22.8. The normalized spacial score (nSPS) is 15.3. The molecule has 4 rings (SSSR count). The number of amides is 4. The van der Waals surface area contributed by atoms with Gasteiger partial charge in [0.1, 0.15) is 12.1 Å². The molecule has 0 spiro atoms. The number of carboxylic acid groups (broad SMARTS) is 1. The minimum Gasteiger partial charge on any atom is -0.465 e. The summed E-state index contributed by atoms with van der Waals surface area (Å²) in [5.41, 5.74) is 1.38. The van der Waals surface area contributed by atoms with Crippen molar-refractivity contribution in [2.45, 2.75) is 25.0 Å². The smallest absolute Gasteiger partial charge is 0.405 e. The van der Waals surface area contributed by atoms with Crippen LogP contribution in [0.15, 0.2) is 41.8 Å². The fourth-order valence-electron chi connectivity index (χ4n) is 3.64. The van der Waals surface area contributed by atoms with Gasteiger partial charge >= 0.3 is 6.09 Å². The molecule has 0 saturated heterocycles. The number of H-pyrrole nitrogens is 1. The fraction of sp³-hybridized carbons (Fsp3) is 0.250. The lowest BCUT2D eigenvalue weighted by atomic mass is 10.1. The third-order valence-corrected chi connectivity index (χ3v) is 6.07. The van der Waals surface area contributed by atoms with Crippen LogP contribution in [-0.4, -0.2) is 62.1 Å². The van der Waals surface area contributed by atoms with Gasteiger partial charge in [0.05, 0.1) is 13.1 Å². The Morgan fingerprint density at radius 3 is 2.71 bits per heavy atom. The molecule has 14 heteroatoms. The van der Waals surface area contributed by atoms with Crippen LogP contribution in [0.4, 0.5) is 10.5 Å². The van der Waals surface area contributed by atoms with Crippen LogP contribution < -0.4 is 20.9 Å². The van der Waals surface area contributed by atoms with Crippen molar-refractivity contribution in [2.75, 3.05) is 11.4 Å². The summed E-state index contributed by atoms with van der Waals surface area (Å²) in [6, 6.07) is 8.42. The molecular formula is C20H20N8O5S. The molecule has 0 bridgehead atoms. The molecule has 13 nitrogen and oxygen atoms in total. The Hall–Kier alpha value is -4.33. The van der Waals surface area contributed by atoms with Gasteiger partial charge in [-0.2, -0.15) is 5.21 Å². The highest BCUT2D eigenvalue weighted by atomic mass is 32.1. The highest BCUT2D eigenvalue weighted by Crippen LogP contribution is 2.32. The Labute approximate surface area is 196 Å². The molecule has 1 aliphatic heterocycles. The number of benzene rings is 1. The fourth-order valence-corrected chi connectivity index (χ4v) is 4.41. The zero-order chi connectivity index (χ0) is 24.1. The second-order valence-electron chi connectivity index (χ2n) is 7.27. The van der Waals surface area contributed by atoms with Gasteiger partial charge in [0.25, 0.3) is 0 Å². The predicted molar refractivity (Wildman–Crippen MR) is 119 cm³/mol. The molecule has 5 N–H and O–H groups in total. The van der Waals surface area contributed by atoms with Gasteiger partial charge in [0.2, 0.25) is 17.7 Å². The zero-order valence-electron chi connectivity index (χ0n) is 17.6. The van der Waals surface area contributed by atoms with E-state index < -0.39 is 42.4 Å². The number of carbonyl (C=O) groups is 4. The first-order chi connectivity index (χ1) is 16.4. The van der Waals surface area contributed by atoms with E-state index in [2.05, 4.69) is 36.6 Å². The van der Waals surface area contributed by atoms with E-state index in [0.29, 0.717) is 22.8 Å². The molecule has 0 radical (unpaired) electrons. The van der Waals surface area contributed by atoms with Crippen molar-refractivity contribution in [1.29, 1.82) is 0 Å². The van der Waals surface area contributed by atoms with Gasteiger partial charge < -0.3 is 21.1 Å². The molecule has 3 aromatic rings. The maximum atomic E-state index is 13.1. The third-order valence-electron chi connectivity index (χ3n) is 5.13. The number of anilines is 1. The van der Waals surface area contributed by atoms with Crippen LogP contribution in [0.25, 0.3) is 0 Å². The Morgan fingerprint density at radius 1 is 1.18 bits per heavy atom. The molecule has 3 heterocycles. The minimum absolute atomic E-state index is 0.0320. The summed E-state index contributed by atoms with van der Waals surface area (Å²) in [6.07, 6.45) is -1.07. The first-order valence-corrected chi connectivity index (χ1v) is 11.0. The van der Waals surface area contributed by atoms with Gasteiger partial charge in [-0.25, -0.2) is 4.79 Å². The molecule has 1 aliphatic rings. The first-order valence-electron chi connectivity index (χ1n) is 10.1. The molecule has 4 amide bonds. The van der Waals surface area contributed by atoms with Crippen molar-refractivity contribution in [3.63, 3.8) is 0 Å². The Balaban J connectivity index is 1.46. The molecule has 176 valence electrons. The van der Waals surface area contributed by atoms with Gasteiger partial charge in [-0.3, -0.25) is 19.3 Å². The lowest BCUT2D eigenvalue weighted by Gasteiger charge is -2.25. The summed E-state index contributed by atoms with van der Waals surface area (Å²) < 4.78 is 0. The van der Waals surface area contributed by atoms with Crippen LogP contribution in [0, 0.1) is 0 Å². The van der Waals surface area contributed by atoms with Gasteiger partial charge in [0.15, 0.2) is 5.82 Å². The van der Waals surface area contributed by atoms with E-state index in [1.54, 1.807) is 29.6 Å². The van der Waals surface area contributed by atoms with Gasteiger partial charge in [0, 0.05) is 17.0 Å². The molecule has 1 unspecified atom stereocenters. The molecule has 0 saturated carbocycles. The number of fused-ring (bicyclic) bond motifs is 1. The van der Waals surface area contributed by atoms with Crippen molar-refractivity contribution in [3.8, 4) is 0 Å².